The first-order chi connectivity index (χ1) is 14.3. The van der Waals surface area contributed by atoms with Crippen LogP contribution >= 0.6 is 0 Å². The zero-order chi connectivity index (χ0) is 22.0. The molecule has 0 aromatic heterocycles. The van der Waals surface area contributed by atoms with E-state index in [1.807, 2.05) is 30.3 Å². The van der Waals surface area contributed by atoms with Crippen molar-refractivity contribution in [2.45, 2.75) is 44.0 Å². The van der Waals surface area contributed by atoms with Gasteiger partial charge in [0.1, 0.15) is 0 Å². The van der Waals surface area contributed by atoms with Gasteiger partial charge in [-0.1, -0.05) is 42.8 Å². The molecule has 0 bridgehead atoms. The Labute approximate surface area is 177 Å². The van der Waals surface area contributed by atoms with Crippen molar-refractivity contribution in [2.75, 3.05) is 13.7 Å². The smallest absolute Gasteiger partial charge is 0.305 e. The van der Waals surface area contributed by atoms with Crippen LogP contribution in [-0.2, 0) is 26.1 Å². The van der Waals surface area contributed by atoms with Crippen LogP contribution in [0.3, 0.4) is 0 Å². The summed E-state index contributed by atoms with van der Waals surface area (Å²) in [7, 11) is -2.39. The molecule has 0 fully saturated rings. The summed E-state index contributed by atoms with van der Waals surface area (Å²) in [6.07, 6.45) is 2.56. The second kappa shape index (κ2) is 11.5. The number of benzene rings is 2. The highest BCUT2D eigenvalue weighted by Gasteiger charge is 2.18. The first-order valence-corrected chi connectivity index (χ1v) is 11.3. The molecule has 162 valence electrons. The van der Waals surface area contributed by atoms with Gasteiger partial charge in [-0.15, -0.1) is 0 Å². The van der Waals surface area contributed by atoms with Gasteiger partial charge < -0.3 is 10.1 Å². The van der Waals surface area contributed by atoms with E-state index in [1.54, 1.807) is 13.0 Å². The first kappa shape index (κ1) is 23.6. The summed E-state index contributed by atoms with van der Waals surface area (Å²) in [5.41, 5.74) is 1.87. The molecule has 0 saturated carbocycles. The predicted molar refractivity (Wildman–Crippen MR) is 114 cm³/mol. The van der Waals surface area contributed by atoms with E-state index < -0.39 is 10.0 Å². The van der Waals surface area contributed by atoms with E-state index >= 15 is 0 Å². The number of amides is 1. The zero-order valence-corrected chi connectivity index (χ0v) is 18.1. The number of methoxy groups -OCH3 is 1. The molecule has 2 N–H and O–H groups in total. The third-order valence-corrected chi connectivity index (χ3v) is 6.04. The van der Waals surface area contributed by atoms with Crippen LogP contribution in [-0.4, -0.2) is 33.9 Å². The summed E-state index contributed by atoms with van der Waals surface area (Å²) >= 11 is 0. The van der Waals surface area contributed by atoms with E-state index in [-0.39, 0.29) is 23.3 Å². The number of rotatable bonds is 11. The largest absolute Gasteiger partial charge is 0.469 e. The number of nitrogens with one attached hydrogen (secondary N) is 2. The van der Waals surface area contributed by atoms with Crippen molar-refractivity contribution in [2.24, 2.45) is 0 Å². The Hall–Kier alpha value is -2.71. The van der Waals surface area contributed by atoms with Crippen LogP contribution in [0.1, 0.15) is 47.2 Å². The van der Waals surface area contributed by atoms with Crippen LogP contribution in [0.4, 0.5) is 0 Å². The minimum atomic E-state index is -3.75. The zero-order valence-electron chi connectivity index (χ0n) is 17.3. The van der Waals surface area contributed by atoms with Crippen molar-refractivity contribution in [1.29, 1.82) is 0 Å². The first-order valence-electron chi connectivity index (χ1n) is 9.83. The molecule has 0 heterocycles. The summed E-state index contributed by atoms with van der Waals surface area (Å²) in [4.78, 5) is 23.6. The molecule has 2 aromatic rings. The van der Waals surface area contributed by atoms with Gasteiger partial charge in [-0.2, -0.15) is 0 Å². The Balaban J connectivity index is 1.93. The standard InChI is InChI=1S/C22H28N2O5S/c1-17-12-13-19(30(27,28)24-16-18-9-5-3-6-10-18)15-20(17)22(26)23-14-8-4-7-11-21(25)29-2/h3,5-6,9-10,12-13,15,24H,4,7-8,11,14,16H2,1-2H3,(H,23,26). The Morgan fingerprint density at radius 2 is 1.73 bits per heavy atom. The molecule has 0 saturated heterocycles. The second-order valence-electron chi connectivity index (χ2n) is 6.93. The highest BCUT2D eigenvalue weighted by atomic mass is 32.2. The SMILES string of the molecule is COC(=O)CCCCCNC(=O)c1cc(S(=O)(=O)NCc2ccccc2)ccc1C. The van der Waals surface area contributed by atoms with Crippen LogP contribution < -0.4 is 10.0 Å². The Bertz CT molecular complexity index is 959. The average Bonchev–Trinajstić information content (AvgIpc) is 2.75. The van der Waals surface area contributed by atoms with Crippen LogP contribution in [0.25, 0.3) is 0 Å². The summed E-state index contributed by atoms with van der Waals surface area (Å²) in [6.45, 7) is 2.38. The number of carbonyl (C=O) groups is 2. The van der Waals surface area contributed by atoms with Gasteiger partial charge in [0.2, 0.25) is 10.0 Å². The van der Waals surface area contributed by atoms with E-state index in [9.17, 15) is 18.0 Å². The molecule has 0 atom stereocenters. The van der Waals surface area contributed by atoms with Crippen molar-refractivity contribution in [1.82, 2.24) is 10.0 Å². The average molecular weight is 433 g/mol. The van der Waals surface area contributed by atoms with Crippen molar-refractivity contribution in [3.8, 4) is 0 Å². The molecule has 1 amide bonds. The lowest BCUT2D eigenvalue weighted by Gasteiger charge is -2.11. The Kier molecular flexibility index (Phi) is 9.01. The topological polar surface area (TPSA) is 102 Å². The van der Waals surface area contributed by atoms with Gasteiger partial charge in [0.15, 0.2) is 0 Å². The van der Waals surface area contributed by atoms with Crippen molar-refractivity contribution in [3.63, 3.8) is 0 Å². The molecule has 2 aromatic carbocycles. The number of hydrogen-bond acceptors (Lipinski definition) is 5. The van der Waals surface area contributed by atoms with Gasteiger partial charge in [0.05, 0.1) is 12.0 Å². The number of hydrogen-bond donors (Lipinski definition) is 2. The number of sulfonamides is 1. The minimum Gasteiger partial charge on any atom is -0.469 e. The van der Waals surface area contributed by atoms with Gasteiger partial charge in [-0.3, -0.25) is 9.59 Å². The molecular weight excluding hydrogens is 404 g/mol. The third-order valence-electron chi connectivity index (χ3n) is 4.64. The number of ether oxygens (including phenoxy) is 1. The minimum absolute atomic E-state index is 0.0484. The molecule has 2 rings (SSSR count). The van der Waals surface area contributed by atoms with Crippen LogP contribution in [0, 0.1) is 6.92 Å². The second-order valence-corrected chi connectivity index (χ2v) is 8.70. The summed E-state index contributed by atoms with van der Waals surface area (Å²) < 4.78 is 32.4. The molecule has 0 unspecified atom stereocenters. The molecule has 0 aliphatic carbocycles. The maximum atomic E-state index is 12.6. The van der Waals surface area contributed by atoms with Gasteiger partial charge in [0, 0.05) is 25.1 Å². The van der Waals surface area contributed by atoms with Crippen LogP contribution in [0.2, 0.25) is 0 Å². The van der Waals surface area contributed by atoms with Crippen molar-refractivity contribution >= 4 is 21.9 Å². The fourth-order valence-corrected chi connectivity index (χ4v) is 3.88. The molecule has 30 heavy (non-hydrogen) atoms. The number of aryl methyl sites for hydroxylation is 1. The van der Waals surface area contributed by atoms with Crippen LogP contribution in [0.15, 0.2) is 53.4 Å². The lowest BCUT2D eigenvalue weighted by atomic mass is 10.1. The molecule has 8 heteroatoms. The van der Waals surface area contributed by atoms with E-state index in [2.05, 4.69) is 14.8 Å². The highest BCUT2D eigenvalue weighted by molar-refractivity contribution is 7.89. The number of esters is 1. The van der Waals surface area contributed by atoms with Gasteiger partial charge in [-0.25, -0.2) is 13.1 Å². The Morgan fingerprint density at radius 1 is 1.00 bits per heavy atom. The fourth-order valence-electron chi connectivity index (χ4n) is 2.84. The normalized spacial score (nSPS) is 11.1. The quantitative estimate of drug-likeness (QED) is 0.420. The Morgan fingerprint density at radius 3 is 2.43 bits per heavy atom. The van der Waals surface area contributed by atoms with E-state index in [0.717, 1.165) is 18.4 Å². The van der Waals surface area contributed by atoms with E-state index in [0.29, 0.717) is 30.5 Å². The molecule has 7 nitrogen and oxygen atoms in total. The monoisotopic (exact) mass is 432 g/mol. The van der Waals surface area contributed by atoms with Gasteiger partial charge in [0.25, 0.3) is 5.91 Å². The van der Waals surface area contributed by atoms with Gasteiger partial charge in [-0.05, 0) is 43.0 Å². The third kappa shape index (κ3) is 7.27. The molecule has 0 aliphatic rings. The molecule has 0 radical (unpaired) electrons. The number of unbranched alkanes of at least 4 members (excludes halogenated alkanes) is 2. The molecular formula is C22H28N2O5S. The van der Waals surface area contributed by atoms with E-state index in [4.69, 9.17) is 0 Å². The lowest BCUT2D eigenvalue weighted by Crippen LogP contribution is -2.27. The maximum absolute atomic E-state index is 12.6. The summed E-state index contributed by atoms with van der Waals surface area (Å²) in [6, 6.07) is 13.7. The highest BCUT2D eigenvalue weighted by Crippen LogP contribution is 2.16. The van der Waals surface area contributed by atoms with Crippen molar-refractivity contribution < 1.29 is 22.7 Å². The summed E-state index contributed by atoms with van der Waals surface area (Å²) in [5.74, 6) is -0.561. The molecule has 0 spiro atoms. The van der Waals surface area contributed by atoms with E-state index in [1.165, 1.54) is 19.2 Å². The maximum Gasteiger partial charge on any atom is 0.305 e. The van der Waals surface area contributed by atoms with Crippen LogP contribution in [0.5, 0.6) is 0 Å². The fraction of sp³-hybridized carbons (Fsp3) is 0.364. The van der Waals surface area contributed by atoms with Gasteiger partial charge >= 0.3 is 5.97 Å². The summed E-state index contributed by atoms with van der Waals surface area (Å²) in [5, 5.41) is 2.81. The lowest BCUT2D eigenvalue weighted by molar-refractivity contribution is -0.140. The molecule has 0 aliphatic heterocycles. The van der Waals surface area contributed by atoms with Crippen molar-refractivity contribution in [3.05, 3.63) is 65.2 Å². The predicted octanol–water partition coefficient (Wildman–Crippen LogP) is 2.94. The number of carbonyl (C=O) groups excluding carboxylic acids is 2.